The van der Waals surface area contributed by atoms with Gasteiger partial charge in [0, 0.05) is 27.6 Å². The highest BCUT2D eigenvalue weighted by molar-refractivity contribution is 6.13. The first kappa shape index (κ1) is 41.7. The molecule has 352 valence electrons. The second-order valence-corrected chi connectivity index (χ2v) is 21.0. The molecule has 12 aromatic carbocycles. The van der Waals surface area contributed by atoms with Gasteiger partial charge in [0.1, 0.15) is 0 Å². The van der Waals surface area contributed by atoms with Crippen LogP contribution in [0.25, 0.3) is 83.1 Å². The fraction of sp³-hybridized carbons (Fsp3) is 0.0270. The molecule has 0 amide bonds. The Balaban J connectivity index is 0.969. The lowest BCUT2D eigenvalue weighted by Gasteiger charge is -2.39. The number of rotatable bonds is 5. The van der Waals surface area contributed by atoms with Gasteiger partial charge in [0.05, 0.1) is 38.9 Å². The van der Waals surface area contributed by atoms with Crippen molar-refractivity contribution in [1.29, 1.82) is 0 Å². The Kier molecular flexibility index (Phi) is 8.44. The summed E-state index contributed by atoms with van der Waals surface area (Å²) in [4.78, 5) is 2.60. The van der Waals surface area contributed by atoms with Gasteiger partial charge in [-0.25, -0.2) is 0 Å². The van der Waals surface area contributed by atoms with Crippen LogP contribution in [0.15, 0.2) is 279 Å². The van der Waals surface area contributed by atoms with Gasteiger partial charge < -0.3 is 9.47 Å². The van der Waals surface area contributed by atoms with Gasteiger partial charge in [-0.15, -0.1) is 0 Å². The van der Waals surface area contributed by atoms with Gasteiger partial charge in [-0.3, -0.25) is 0 Å². The Morgan fingerprint density at radius 3 is 1.47 bits per heavy atom. The van der Waals surface area contributed by atoms with Crippen LogP contribution < -0.4 is 4.90 Å². The third-order valence-electron chi connectivity index (χ3n) is 17.6. The largest absolute Gasteiger partial charge is 0.309 e. The van der Waals surface area contributed by atoms with Crippen molar-refractivity contribution in [2.75, 3.05) is 4.90 Å². The minimum absolute atomic E-state index is 0.508. The van der Waals surface area contributed by atoms with Gasteiger partial charge in [0.25, 0.3) is 0 Å². The molecule has 2 nitrogen and oxygen atoms in total. The van der Waals surface area contributed by atoms with Gasteiger partial charge in [-0.1, -0.05) is 243 Å². The van der Waals surface area contributed by atoms with Gasteiger partial charge in [-0.2, -0.15) is 0 Å². The number of benzene rings is 12. The molecule has 0 radical (unpaired) electrons. The predicted octanol–water partition coefficient (Wildman–Crippen LogP) is 18.6. The van der Waals surface area contributed by atoms with Crippen molar-refractivity contribution in [1.82, 2.24) is 4.57 Å². The summed E-state index contributed by atoms with van der Waals surface area (Å²) in [6.07, 6.45) is 0. The van der Waals surface area contributed by atoms with Crippen LogP contribution >= 0.6 is 0 Å². The average Bonchev–Trinajstić information content (AvgIpc) is 4.38. The van der Waals surface area contributed by atoms with E-state index in [0.717, 1.165) is 28.2 Å². The number of aromatic nitrogens is 1. The van der Waals surface area contributed by atoms with Crippen LogP contribution in [0, 0.1) is 0 Å². The summed E-state index contributed by atoms with van der Waals surface area (Å²) >= 11 is 0. The number of hydrogen-bond donors (Lipinski definition) is 0. The molecule has 2 heterocycles. The zero-order chi connectivity index (χ0) is 49.7. The molecule has 1 aliphatic heterocycles. The van der Waals surface area contributed by atoms with Crippen LogP contribution in [0.5, 0.6) is 0 Å². The Morgan fingerprint density at radius 2 is 0.750 bits per heavy atom. The van der Waals surface area contributed by atoms with Crippen molar-refractivity contribution in [3.63, 3.8) is 0 Å². The fourth-order valence-electron chi connectivity index (χ4n) is 14.8. The zero-order valence-corrected chi connectivity index (χ0v) is 41.5. The second-order valence-electron chi connectivity index (χ2n) is 21.0. The third kappa shape index (κ3) is 5.20. The van der Waals surface area contributed by atoms with Gasteiger partial charge in [0.15, 0.2) is 0 Å². The van der Waals surface area contributed by atoms with Crippen molar-refractivity contribution in [3.8, 4) is 61.3 Å². The number of hydrogen-bond acceptors (Lipinski definition) is 1. The summed E-state index contributed by atoms with van der Waals surface area (Å²) in [6, 6.07) is 105. The number of anilines is 3. The monoisotopic (exact) mass is 962 g/mol. The lowest BCUT2D eigenvalue weighted by molar-refractivity contribution is 0.748. The summed E-state index contributed by atoms with van der Waals surface area (Å²) < 4.78 is 2.54. The smallest absolute Gasteiger partial charge is 0.0755 e. The first-order chi connectivity index (χ1) is 37.7. The molecule has 13 aromatic rings. The van der Waals surface area contributed by atoms with E-state index in [1.165, 1.54) is 117 Å². The van der Waals surface area contributed by atoms with Crippen molar-refractivity contribution in [2.45, 2.75) is 10.8 Å². The molecule has 76 heavy (non-hydrogen) atoms. The van der Waals surface area contributed by atoms with Crippen LogP contribution in [0.2, 0.25) is 0 Å². The highest BCUT2D eigenvalue weighted by atomic mass is 15.1. The minimum atomic E-state index is -0.609. The fourth-order valence-corrected chi connectivity index (χ4v) is 14.8. The summed E-state index contributed by atoms with van der Waals surface area (Å²) in [6.45, 7) is 0. The normalized spacial score (nSPS) is 15.3. The molecule has 0 fully saturated rings. The van der Waals surface area contributed by atoms with Gasteiger partial charge in [-0.05, 0) is 125 Å². The molecule has 0 N–H and O–H groups in total. The van der Waals surface area contributed by atoms with Crippen LogP contribution in [0.1, 0.15) is 44.5 Å². The Labute approximate surface area is 441 Å². The zero-order valence-electron chi connectivity index (χ0n) is 41.5. The van der Waals surface area contributed by atoms with Crippen molar-refractivity contribution in [2.24, 2.45) is 0 Å². The Morgan fingerprint density at radius 1 is 0.276 bits per heavy atom. The molecule has 1 aromatic heterocycles. The number of para-hydroxylation sites is 4. The van der Waals surface area contributed by atoms with Gasteiger partial charge >= 0.3 is 0 Å². The van der Waals surface area contributed by atoms with E-state index in [1.807, 2.05) is 0 Å². The molecule has 1 unspecified atom stereocenters. The third-order valence-corrected chi connectivity index (χ3v) is 17.6. The van der Waals surface area contributed by atoms with Gasteiger partial charge in [0.2, 0.25) is 0 Å². The lowest BCUT2D eigenvalue weighted by Crippen LogP contribution is -2.33. The predicted molar refractivity (Wildman–Crippen MR) is 313 cm³/mol. The van der Waals surface area contributed by atoms with E-state index in [-0.39, 0.29) is 0 Å². The number of nitrogens with zero attached hydrogens (tertiary/aromatic N) is 2. The summed E-state index contributed by atoms with van der Waals surface area (Å²) in [5.41, 5.74) is 28.9. The summed E-state index contributed by atoms with van der Waals surface area (Å²) in [5.74, 6) is 0. The molecule has 0 bridgehead atoms. The van der Waals surface area contributed by atoms with E-state index in [9.17, 15) is 0 Å². The molecule has 2 spiro atoms. The Bertz CT molecular complexity index is 4530. The van der Waals surface area contributed by atoms with E-state index >= 15 is 0 Å². The van der Waals surface area contributed by atoms with E-state index in [2.05, 4.69) is 289 Å². The van der Waals surface area contributed by atoms with Crippen molar-refractivity contribution in [3.05, 3.63) is 324 Å². The first-order valence-electron chi connectivity index (χ1n) is 26.6. The van der Waals surface area contributed by atoms with E-state index in [0.29, 0.717) is 0 Å². The van der Waals surface area contributed by atoms with Crippen molar-refractivity contribution < 1.29 is 0 Å². The van der Waals surface area contributed by atoms with Crippen LogP contribution in [-0.4, -0.2) is 4.57 Å². The van der Waals surface area contributed by atoms with Crippen LogP contribution in [-0.2, 0) is 10.8 Å². The highest BCUT2D eigenvalue weighted by Crippen LogP contribution is 2.66. The maximum atomic E-state index is 2.60. The molecule has 0 saturated heterocycles. The summed E-state index contributed by atoms with van der Waals surface area (Å²) in [7, 11) is 0. The molecule has 1 atom stereocenters. The molecule has 2 heteroatoms. The molecular weight excluding hydrogens is 917 g/mol. The highest BCUT2D eigenvalue weighted by Gasteiger charge is 2.54. The van der Waals surface area contributed by atoms with Crippen LogP contribution in [0.4, 0.5) is 17.1 Å². The lowest BCUT2D eigenvalue weighted by atomic mass is 9.65. The van der Waals surface area contributed by atoms with Crippen LogP contribution in [0.3, 0.4) is 0 Å². The van der Waals surface area contributed by atoms with E-state index in [4.69, 9.17) is 0 Å². The maximum Gasteiger partial charge on any atom is 0.0755 e. The standard InChI is InChI=1S/C74H46N2/c1-2-20-47(21-3-1)48-40-42-49(43-41-48)51-22-8-15-36-67(51)75(50-44-45-55-54-25-6-12-31-61(54)73(66(55)46-50)59-29-10-4-23-52(59)53-24-5-11-30-60(53)73)70-39-19-34-64-71(70)58-27-7-13-32-62(58)74(64)63-33-14-17-38-69(63)76-68-37-16-9-26-56(68)57-28-18-35-65(74)72(57)76/h1-46H. The molecular formula is C74H46N2. The SMILES string of the molecule is c1ccc(-c2ccc(-c3ccccc3N(c3ccc4c(c3)C3(c5ccccc5-c5ccccc53)c3ccccc3-4)c3cccc4c3-c3ccccc3C43c4ccccc4-n4c5ccccc5c5cccc3c54)cc2)cc1. The molecule has 3 aliphatic carbocycles. The van der Waals surface area contributed by atoms with E-state index < -0.39 is 10.8 Å². The van der Waals surface area contributed by atoms with Crippen molar-refractivity contribution >= 4 is 38.9 Å². The summed E-state index contributed by atoms with van der Waals surface area (Å²) in [5, 5.41) is 2.55. The maximum absolute atomic E-state index is 2.60. The Hall–Kier alpha value is -9.76. The molecule has 4 aliphatic rings. The minimum Gasteiger partial charge on any atom is -0.309 e. The molecule has 17 rings (SSSR count). The average molecular weight is 963 g/mol. The second kappa shape index (κ2) is 15.4. The molecule has 0 saturated carbocycles. The number of fused-ring (bicyclic) bond motifs is 22. The van der Waals surface area contributed by atoms with E-state index in [1.54, 1.807) is 0 Å². The first-order valence-corrected chi connectivity index (χ1v) is 26.6. The quantitative estimate of drug-likeness (QED) is 0.167. The topological polar surface area (TPSA) is 8.17 Å².